The summed E-state index contributed by atoms with van der Waals surface area (Å²) in [7, 11) is 0. The van der Waals surface area contributed by atoms with E-state index < -0.39 is 6.04 Å². The predicted octanol–water partition coefficient (Wildman–Crippen LogP) is 4.16. The summed E-state index contributed by atoms with van der Waals surface area (Å²) in [5.41, 5.74) is 5.67. The third kappa shape index (κ3) is 3.34. The lowest BCUT2D eigenvalue weighted by molar-refractivity contribution is 0.475. The topological polar surface area (TPSA) is 54.6 Å². The van der Waals surface area contributed by atoms with E-state index >= 15 is 0 Å². The van der Waals surface area contributed by atoms with Crippen LogP contribution in [0.4, 0.5) is 4.39 Å². The molecule has 0 saturated heterocycles. The van der Waals surface area contributed by atoms with E-state index in [9.17, 15) is 14.3 Å². The van der Waals surface area contributed by atoms with Gasteiger partial charge in [0.1, 0.15) is 11.6 Å². The van der Waals surface area contributed by atoms with Crippen molar-refractivity contribution in [3.8, 4) is 5.75 Å². The highest BCUT2D eigenvalue weighted by atomic mass is 32.1. The van der Waals surface area contributed by atoms with Gasteiger partial charge in [-0.2, -0.15) is 0 Å². The van der Waals surface area contributed by atoms with Gasteiger partial charge in [-0.15, -0.1) is 0 Å². The summed E-state index contributed by atoms with van der Waals surface area (Å²) in [4.78, 5) is 19.1. The second kappa shape index (κ2) is 7.67. The molecule has 0 unspecified atom stereocenters. The number of hydrogen-bond acceptors (Lipinski definition) is 4. The van der Waals surface area contributed by atoms with Gasteiger partial charge in [-0.3, -0.25) is 9.36 Å². The van der Waals surface area contributed by atoms with Gasteiger partial charge in [0, 0.05) is 5.56 Å². The minimum absolute atomic E-state index is 0.147. The molecule has 2 aliphatic rings. The van der Waals surface area contributed by atoms with Crippen molar-refractivity contribution in [1.82, 2.24) is 4.57 Å². The maximum atomic E-state index is 14.2. The lowest BCUT2D eigenvalue weighted by Gasteiger charge is -2.30. The third-order valence-electron chi connectivity index (χ3n) is 6.23. The van der Waals surface area contributed by atoms with E-state index in [0.717, 1.165) is 40.8 Å². The van der Waals surface area contributed by atoms with Crippen LogP contribution < -0.4 is 14.9 Å². The van der Waals surface area contributed by atoms with Crippen molar-refractivity contribution in [1.29, 1.82) is 0 Å². The van der Waals surface area contributed by atoms with Crippen molar-refractivity contribution in [3.05, 3.63) is 126 Å². The Morgan fingerprint density at radius 3 is 2.67 bits per heavy atom. The molecular weight excluding hydrogens is 435 g/mol. The zero-order chi connectivity index (χ0) is 22.5. The van der Waals surface area contributed by atoms with Gasteiger partial charge in [-0.1, -0.05) is 59.9 Å². The number of aryl methyl sites for hydroxylation is 1. The van der Waals surface area contributed by atoms with Crippen LogP contribution in [-0.2, 0) is 6.42 Å². The van der Waals surface area contributed by atoms with Crippen LogP contribution in [0.2, 0.25) is 0 Å². The van der Waals surface area contributed by atoms with Crippen molar-refractivity contribution in [2.75, 3.05) is 0 Å². The smallest absolute Gasteiger partial charge is 0.271 e. The zero-order valence-corrected chi connectivity index (χ0v) is 18.3. The van der Waals surface area contributed by atoms with Crippen molar-refractivity contribution in [3.63, 3.8) is 0 Å². The molecule has 1 aliphatic carbocycles. The normalized spacial score (nSPS) is 17.2. The molecule has 0 radical (unpaired) electrons. The first-order valence-electron chi connectivity index (χ1n) is 10.8. The van der Waals surface area contributed by atoms with Crippen LogP contribution in [0.15, 0.2) is 88.2 Å². The Morgan fingerprint density at radius 2 is 1.85 bits per heavy atom. The van der Waals surface area contributed by atoms with Crippen LogP contribution in [0.1, 0.15) is 34.7 Å². The Balaban J connectivity index is 1.63. The molecule has 0 saturated carbocycles. The quantitative estimate of drug-likeness (QED) is 0.495. The molecule has 33 heavy (non-hydrogen) atoms. The van der Waals surface area contributed by atoms with E-state index in [0.29, 0.717) is 9.33 Å². The molecule has 4 aromatic rings. The number of benzene rings is 3. The van der Waals surface area contributed by atoms with Crippen LogP contribution in [0.25, 0.3) is 11.8 Å². The fourth-order valence-electron chi connectivity index (χ4n) is 4.72. The van der Waals surface area contributed by atoms with E-state index in [2.05, 4.69) is 12.1 Å². The predicted molar refractivity (Wildman–Crippen MR) is 127 cm³/mol. The van der Waals surface area contributed by atoms with Gasteiger partial charge in [0.05, 0.1) is 16.3 Å². The van der Waals surface area contributed by atoms with E-state index in [1.54, 1.807) is 34.9 Å². The maximum absolute atomic E-state index is 14.2. The fraction of sp³-hybridized carbons (Fsp3) is 0.111. The molecule has 162 valence electrons. The lowest BCUT2D eigenvalue weighted by atomic mass is 9.83. The first kappa shape index (κ1) is 19.9. The molecule has 6 heteroatoms. The fourth-order valence-corrected chi connectivity index (χ4v) is 5.72. The molecule has 1 atom stereocenters. The van der Waals surface area contributed by atoms with Crippen molar-refractivity contribution in [2.45, 2.75) is 18.9 Å². The van der Waals surface area contributed by atoms with E-state index in [1.807, 2.05) is 24.3 Å². The number of allylic oxidation sites excluding steroid dienone is 1. The summed E-state index contributed by atoms with van der Waals surface area (Å²) < 4.78 is 16.5. The number of thiazole rings is 1. The van der Waals surface area contributed by atoms with Gasteiger partial charge in [0.25, 0.3) is 5.56 Å². The first-order chi connectivity index (χ1) is 16.1. The molecule has 1 aromatic heterocycles. The molecule has 1 N–H and O–H groups in total. The van der Waals surface area contributed by atoms with Crippen molar-refractivity contribution in [2.24, 2.45) is 4.99 Å². The van der Waals surface area contributed by atoms with Gasteiger partial charge in [0.2, 0.25) is 0 Å². The summed E-state index contributed by atoms with van der Waals surface area (Å²) in [5.74, 6) is -0.153. The molecule has 0 fully saturated rings. The molecule has 1 aliphatic heterocycles. The SMILES string of the molecule is O=c1/c(=C/c2ccc(O)cc2)sc2n1[C@H](c1cccc(F)c1)C1=C(N=2)c2ccccc2CC1. The Labute approximate surface area is 192 Å². The van der Waals surface area contributed by atoms with Crippen molar-refractivity contribution >= 4 is 23.1 Å². The summed E-state index contributed by atoms with van der Waals surface area (Å²) in [6.07, 6.45) is 3.43. The molecule has 0 amide bonds. The summed E-state index contributed by atoms with van der Waals surface area (Å²) in [6.45, 7) is 0. The van der Waals surface area contributed by atoms with Gasteiger partial charge in [-0.05, 0) is 65.4 Å². The number of halogens is 1. The van der Waals surface area contributed by atoms with Crippen LogP contribution in [0.3, 0.4) is 0 Å². The minimum atomic E-state index is -0.401. The zero-order valence-electron chi connectivity index (χ0n) is 17.5. The molecule has 6 rings (SSSR count). The van der Waals surface area contributed by atoms with Crippen molar-refractivity contribution < 1.29 is 9.50 Å². The van der Waals surface area contributed by atoms with Gasteiger partial charge in [0.15, 0.2) is 4.80 Å². The highest BCUT2D eigenvalue weighted by Gasteiger charge is 2.32. The van der Waals surface area contributed by atoms with Gasteiger partial charge < -0.3 is 5.11 Å². The van der Waals surface area contributed by atoms with E-state index in [-0.39, 0.29) is 17.1 Å². The second-order valence-corrected chi connectivity index (χ2v) is 9.27. The Morgan fingerprint density at radius 1 is 1.03 bits per heavy atom. The molecule has 4 nitrogen and oxygen atoms in total. The highest BCUT2D eigenvalue weighted by molar-refractivity contribution is 7.07. The Bertz CT molecular complexity index is 1610. The number of fused-ring (bicyclic) bond motifs is 3. The number of phenols is 1. The van der Waals surface area contributed by atoms with Crippen LogP contribution >= 0.6 is 11.3 Å². The Kier molecular flexibility index (Phi) is 4.62. The van der Waals surface area contributed by atoms with Crippen LogP contribution in [-0.4, -0.2) is 9.67 Å². The number of nitrogens with zero attached hydrogens (tertiary/aromatic N) is 2. The van der Waals surface area contributed by atoms with Crippen LogP contribution in [0, 0.1) is 5.82 Å². The monoisotopic (exact) mass is 454 g/mol. The number of rotatable bonds is 2. The summed E-state index contributed by atoms with van der Waals surface area (Å²) >= 11 is 1.33. The first-order valence-corrected chi connectivity index (χ1v) is 11.6. The molecule has 2 heterocycles. The van der Waals surface area contributed by atoms with Crippen LogP contribution in [0.5, 0.6) is 5.75 Å². The average Bonchev–Trinajstić information content (AvgIpc) is 3.13. The molecular formula is C27H19FN2O2S. The summed E-state index contributed by atoms with van der Waals surface area (Å²) in [5, 5.41) is 9.56. The van der Waals surface area contributed by atoms with E-state index in [1.165, 1.54) is 29.0 Å². The van der Waals surface area contributed by atoms with Gasteiger partial charge in [-0.25, -0.2) is 9.38 Å². The molecule has 0 spiro atoms. The number of hydrogen-bond donors (Lipinski definition) is 1. The Hall–Kier alpha value is -3.77. The molecule has 0 bridgehead atoms. The third-order valence-corrected chi connectivity index (χ3v) is 7.21. The standard InChI is InChI=1S/C27H19FN2O2S/c28-19-6-3-5-18(15-19)25-22-13-10-17-4-1-2-7-21(17)24(22)29-27-30(25)26(32)23(33-27)14-16-8-11-20(31)12-9-16/h1-9,11-12,14-15,25,31H,10,13H2/b23-14-/t25-/m1/s1. The number of phenolic OH excluding ortho intramolecular Hbond substituents is 1. The minimum Gasteiger partial charge on any atom is -0.508 e. The van der Waals surface area contributed by atoms with Gasteiger partial charge >= 0.3 is 0 Å². The lowest BCUT2D eigenvalue weighted by Crippen LogP contribution is -2.38. The number of aromatic nitrogens is 1. The maximum Gasteiger partial charge on any atom is 0.271 e. The molecule has 3 aromatic carbocycles. The summed E-state index contributed by atoms with van der Waals surface area (Å²) in [6, 6.07) is 21.0. The number of aromatic hydroxyl groups is 1. The highest BCUT2D eigenvalue weighted by Crippen LogP contribution is 2.41. The average molecular weight is 455 g/mol. The second-order valence-electron chi connectivity index (χ2n) is 8.26. The largest absolute Gasteiger partial charge is 0.508 e. The van der Waals surface area contributed by atoms with E-state index in [4.69, 9.17) is 4.99 Å².